The molecule has 6 nitrogen and oxygen atoms in total. The minimum absolute atomic E-state index is 0.0113. The summed E-state index contributed by atoms with van der Waals surface area (Å²) < 4.78 is 12.8. The van der Waals surface area contributed by atoms with E-state index in [1.807, 2.05) is 54.0 Å². The first kappa shape index (κ1) is 22.9. The Labute approximate surface area is 201 Å². The first-order valence-electron chi connectivity index (χ1n) is 10.2. The summed E-state index contributed by atoms with van der Waals surface area (Å²) in [5.41, 5.74) is 3.47. The summed E-state index contributed by atoms with van der Waals surface area (Å²) in [4.78, 5) is 12.7. The number of methoxy groups -OCH3 is 2. The molecule has 0 atom stereocenters. The van der Waals surface area contributed by atoms with Gasteiger partial charge in [0.15, 0.2) is 28.3 Å². The second-order valence-electron chi connectivity index (χ2n) is 7.27. The Hall–Kier alpha value is -3.29. The Morgan fingerprint density at radius 1 is 0.939 bits per heavy atom. The van der Waals surface area contributed by atoms with Crippen LogP contribution in [0.25, 0.3) is 17.1 Å². The average Bonchev–Trinajstić information content (AvgIpc) is 3.27. The number of ether oxygens (including phenoxy) is 2. The lowest BCUT2D eigenvalue weighted by Crippen LogP contribution is -2.05. The molecule has 0 spiro atoms. The fraction of sp³-hybridized carbons (Fsp3) is 0.160. The van der Waals surface area contributed by atoms with Crippen LogP contribution < -0.4 is 9.47 Å². The van der Waals surface area contributed by atoms with Crippen LogP contribution in [-0.2, 0) is 0 Å². The lowest BCUT2D eigenvalue weighted by Gasteiger charge is -2.12. The highest BCUT2D eigenvalue weighted by Crippen LogP contribution is 2.34. The van der Waals surface area contributed by atoms with Crippen LogP contribution in [0.15, 0.2) is 71.9 Å². The lowest BCUT2D eigenvalue weighted by molar-refractivity contribution is 0.102. The van der Waals surface area contributed by atoms with Crippen molar-refractivity contribution in [2.24, 2.45) is 0 Å². The highest BCUT2D eigenvalue weighted by Gasteiger charge is 2.19. The number of Topliss-reactive ketones (excluding diaryl/α,β-unsaturated/α-hetero) is 1. The monoisotopic (exact) mass is 479 g/mol. The van der Waals surface area contributed by atoms with E-state index >= 15 is 0 Å². The molecule has 4 aromatic rings. The summed E-state index contributed by atoms with van der Waals surface area (Å²) in [6.45, 7) is 2.03. The van der Waals surface area contributed by atoms with Crippen molar-refractivity contribution in [1.82, 2.24) is 14.8 Å². The molecule has 168 valence electrons. The zero-order valence-corrected chi connectivity index (χ0v) is 20.0. The van der Waals surface area contributed by atoms with Crippen molar-refractivity contribution >= 4 is 29.1 Å². The van der Waals surface area contributed by atoms with Crippen LogP contribution in [0.4, 0.5) is 0 Å². The molecule has 0 saturated heterocycles. The molecule has 0 saturated carbocycles. The van der Waals surface area contributed by atoms with Gasteiger partial charge in [0.25, 0.3) is 0 Å². The highest BCUT2D eigenvalue weighted by atomic mass is 35.5. The van der Waals surface area contributed by atoms with Crippen molar-refractivity contribution in [3.63, 3.8) is 0 Å². The fourth-order valence-corrected chi connectivity index (χ4v) is 4.27. The molecule has 8 heteroatoms. The molecule has 1 aromatic heterocycles. The summed E-state index contributed by atoms with van der Waals surface area (Å²) in [7, 11) is 3.19. The minimum Gasteiger partial charge on any atom is -0.493 e. The quantitative estimate of drug-likeness (QED) is 0.232. The van der Waals surface area contributed by atoms with Gasteiger partial charge >= 0.3 is 0 Å². The van der Waals surface area contributed by atoms with E-state index in [0.29, 0.717) is 33.1 Å². The van der Waals surface area contributed by atoms with Crippen molar-refractivity contribution in [3.05, 3.63) is 82.9 Å². The number of carbonyl (C=O) groups is 1. The van der Waals surface area contributed by atoms with E-state index in [1.54, 1.807) is 38.5 Å². The molecule has 1 heterocycles. The number of carbonyl (C=O) groups excluding carboxylic acids is 1. The molecule has 4 rings (SSSR count). The molecule has 33 heavy (non-hydrogen) atoms. The molecular formula is C25H22ClN3O3S. The van der Waals surface area contributed by atoms with Gasteiger partial charge in [0.1, 0.15) is 0 Å². The Morgan fingerprint density at radius 3 is 2.30 bits per heavy atom. The third-order valence-corrected chi connectivity index (χ3v) is 6.25. The second kappa shape index (κ2) is 10.1. The number of benzene rings is 3. The molecule has 0 bridgehead atoms. The van der Waals surface area contributed by atoms with Crippen molar-refractivity contribution < 1.29 is 14.3 Å². The molecule has 0 amide bonds. The van der Waals surface area contributed by atoms with Crippen molar-refractivity contribution in [2.45, 2.75) is 12.1 Å². The van der Waals surface area contributed by atoms with E-state index in [2.05, 4.69) is 10.2 Å². The van der Waals surface area contributed by atoms with E-state index < -0.39 is 0 Å². The zero-order valence-electron chi connectivity index (χ0n) is 18.4. The Balaban J connectivity index is 1.70. The van der Waals surface area contributed by atoms with E-state index in [9.17, 15) is 4.79 Å². The zero-order chi connectivity index (χ0) is 23.4. The topological polar surface area (TPSA) is 66.2 Å². The van der Waals surface area contributed by atoms with Crippen LogP contribution in [0.2, 0.25) is 5.02 Å². The van der Waals surface area contributed by atoms with Crippen LogP contribution in [0.3, 0.4) is 0 Å². The fourth-order valence-electron chi connectivity index (χ4n) is 3.30. The number of aryl methyl sites for hydroxylation is 1. The standard InChI is InChI=1S/C25H22ClN3O3S/c1-16-4-11-20(12-5-16)29-24(18-8-13-22(31-2)23(14-18)32-3)27-28-25(29)33-15-21(30)17-6-9-19(26)10-7-17/h4-14H,15H2,1-3H3. The highest BCUT2D eigenvalue weighted by molar-refractivity contribution is 7.99. The van der Waals surface area contributed by atoms with Gasteiger partial charge in [-0.1, -0.05) is 41.1 Å². The Bertz CT molecular complexity index is 1270. The molecule has 0 aliphatic heterocycles. The lowest BCUT2D eigenvalue weighted by atomic mass is 10.1. The van der Waals surface area contributed by atoms with E-state index in [-0.39, 0.29) is 11.5 Å². The molecule has 0 N–H and O–H groups in total. The first-order chi connectivity index (χ1) is 16.0. The van der Waals surface area contributed by atoms with E-state index in [4.69, 9.17) is 21.1 Å². The van der Waals surface area contributed by atoms with Gasteiger partial charge in [0.2, 0.25) is 0 Å². The maximum Gasteiger partial charge on any atom is 0.196 e. The van der Waals surface area contributed by atoms with Gasteiger partial charge in [-0.2, -0.15) is 0 Å². The van der Waals surface area contributed by atoms with Crippen LogP contribution in [-0.4, -0.2) is 40.5 Å². The number of rotatable bonds is 8. The summed E-state index contributed by atoms with van der Waals surface area (Å²) in [5.74, 6) is 2.08. The Kier molecular flexibility index (Phi) is 7.01. The number of ketones is 1. The largest absolute Gasteiger partial charge is 0.493 e. The van der Waals surface area contributed by atoms with Gasteiger partial charge < -0.3 is 9.47 Å². The molecule has 0 fully saturated rings. The third-order valence-electron chi connectivity index (χ3n) is 5.07. The molecular weight excluding hydrogens is 458 g/mol. The van der Waals surface area contributed by atoms with Crippen molar-refractivity contribution in [3.8, 4) is 28.6 Å². The third kappa shape index (κ3) is 5.05. The summed E-state index contributed by atoms with van der Waals surface area (Å²) in [6.07, 6.45) is 0. The summed E-state index contributed by atoms with van der Waals surface area (Å²) in [6, 6.07) is 20.6. The number of nitrogens with zero attached hydrogens (tertiary/aromatic N) is 3. The van der Waals surface area contributed by atoms with Crippen LogP contribution in [0.1, 0.15) is 15.9 Å². The number of halogens is 1. The first-order valence-corrected chi connectivity index (χ1v) is 11.5. The SMILES string of the molecule is COc1ccc(-c2nnc(SCC(=O)c3ccc(Cl)cc3)n2-c2ccc(C)cc2)cc1OC. The molecule has 0 unspecified atom stereocenters. The molecule has 3 aromatic carbocycles. The van der Waals surface area contributed by atoms with Crippen LogP contribution >= 0.6 is 23.4 Å². The van der Waals surface area contributed by atoms with Crippen molar-refractivity contribution in [1.29, 1.82) is 0 Å². The predicted molar refractivity (Wildman–Crippen MR) is 131 cm³/mol. The van der Waals surface area contributed by atoms with Gasteiger partial charge in [-0.15, -0.1) is 10.2 Å². The van der Waals surface area contributed by atoms with Gasteiger partial charge in [0, 0.05) is 21.8 Å². The van der Waals surface area contributed by atoms with Crippen LogP contribution in [0, 0.1) is 6.92 Å². The number of hydrogen-bond acceptors (Lipinski definition) is 6. The van der Waals surface area contributed by atoms with Crippen LogP contribution in [0.5, 0.6) is 11.5 Å². The molecule has 0 radical (unpaired) electrons. The molecule has 0 aliphatic carbocycles. The number of thioether (sulfide) groups is 1. The number of hydrogen-bond donors (Lipinski definition) is 0. The second-order valence-corrected chi connectivity index (χ2v) is 8.64. The van der Waals surface area contributed by atoms with Gasteiger partial charge in [-0.05, 0) is 61.5 Å². The maximum atomic E-state index is 12.7. The Morgan fingerprint density at radius 2 is 1.64 bits per heavy atom. The summed E-state index contributed by atoms with van der Waals surface area (Å²) in [5, 5.41) is 10.1. The van der Waals surface area contributed by atoms with Gasteiger partial charge in [0.05, 0.1) is 20.0 Å². The average molecular weight is 480 g/mol. The molecule has 0 aliphatic rings. The van der Waals surface area contributed by atoms with Gasteiger partial charge in [-0.25, -0.2) is 0 Å². The normalized spacial score (nSPS) is 10.8. The van der Waals surface area contributed by atoms with E-state index in [1.165, 1.54) is 11.8 Å². The maximum absolute atomic E-state index is 12.7. The summed E-state index contributed by atoms with van der Waals surface area (Å²) >= 11 is 7.27. The predicted octanol–water partition coefficient (Wildman–Crippen LogP) is 5.89. The van der Waals surface area contributed by atoms with Gasteiger partial charge in [-0.3, -0.25) is 9.36 Å². The minimum atomic E-state index is -0.0113. The van der Waals surface area contributed by atoms with Crippen molar-refractivity contribution in [2.75, 3.05) is 20.0 Å². The number of aromatic nitrogens is 3. The van der Waals surface area contributed by atoms with E-state index in [0.717, 1.165) is 16.8 Å². The smallest absolute Gasteiger partial charge is 0.196 e.